The van der Waals surface area contributed by atoms with E-state index < -0.39 is 0 Å². The fourth-order valence-corrected chi connectivity index (χ4v) is 4.70. The van der Waals surface area contributed by atoms with Crippen molar-refractivity contribution in [1.82, 2.24) is 4.98 Å². The number of halogens is 1. The lowest BCUT2D eigenvalue weighted by Gasteiger charge is -2.18. The van der Waals surface area contributed by atoms with Crippen LogP contribution in [-0.2, 0) is 0 Å². The lowest BCUT2D eigenvalue weighted by molar-refractivity contribution is 0.847. The Labute approximate surface area is 203 Å². The Morgan fingerprint density at radius 1 is 1.09 bits per heavy atom. The molecule has 1 heterocycles. The predicted molar refractivity (Wildman–Crippen MR) is 143 cm³/mol. The minimum absolute atomic E-state index is 0.634. The summed E-state index contributed by atoms with van der Waals surface area (Å²) in [5.74, 6) is 0. The highest BCUT2D eigenvalue weighted by Gasteiger charge is 2.11. The molecule has 0 saturated carbocycles. The number of nitrogens with one attached hydrogen (secondary N) is 1. The van der Waals surface area contributed by atoms with Crippen molar-refractivity contribution in [3.05, 3.63) is 83.5 Å². The summed E-state index contributed by atoms with van der Waals surface area (Å²) in [6.45, 7) is 3.52. The molecule has 0 fully saturated rings. The highest BCUT2D eigenvalue weighted by Crippen LogP contribution is 2.35. The van der Waals surface area contributed by atoms with Crippen LogP contribution in [0.1, 0.15) is 12.0 Å². The molecule has 0 aliphatic rings. The van der Waals surface area contributed by atoms with Crippen molar-refractivity contribution in [3.63, 3.8) is 0 Å². The van der Waals surface area contributed by atoms with E-state index in [4.69, 9.17) is 17.3 Å². The topological polar surface area (TPSA) is 54.2 Å². The zero-order valence-electron chi connectivity index (χ0n) is 17.8. The Kier molecular flexibility index (Phi) is 7.48. The quantitative estimate of drug-likeness (QED) is 0.187. The number of pyridine rings is 1. The van der Waals surface area contributed by atoms with E-state index in [-0.39, 0.29) is 0 Å². The molecule has 4 nitrogen and oxygen atoms in total. The second-order valence-corrected chi connectivity index (χ2v) is 9.23. The molecule has 0 radical (unpaired) electrons. The Bertz CT molecular complexity index is 1230. The average molecular weight is 481 g/mol. The van der Waals surface area contributed by atoms with Gasteiger partial charge in [-0.3, -0.25) is 4.98 Å². The van der Waals surface area contributed by atoms with E-state index in [1.54, 1.807) is 0 Å². The second-order valence-electron chi connectivity index (χ2n) is 7.49. The number of nitrogens with zero attached hydrogens (tertiary/aromatic N) is 2. The number of thiol groups is 1. The number of aryl methyl sites for hydroxylation is 1. The molecule has 32 heavy (non-hydrogen) atoms. The Morgan fingerprint density at radius 2 is 1.94 bits per heavy atom. The van der Waals surface area contributed by atoms with E-state index in [1.165, 1.54) is 22.9 Å². The van der Waals surface area contributed by atoms with Gasteiger partial charge in [0, 0.05) is 40.0 Å². The first-order valence-corrected chi connectivity index (χ1v) is 12.0. The summed E-state index contributed by atoms with van der Waals surface area (Å²) in [5.41, 5.74) is 10.8. The third kappa shape index (κ3) is 5.15. The molecule has 7 heteroatoms. The molecule has 0 atom stereocenters. The smallest absolute Gasteiger partial charge is 0.0783 e. The summed E-state index contributed by atoms with van der Waals surface area (Å²) in [4.78, 5) is 5.63. The van der Waals surface area contributed by atoms with Crippen LogP contribution in [0, 0.1) is 6.92 Å². The largest absolute Gasteiger partial charge is 0.330 e. The molecule has 0 spiro atoms. The van der Waals surface area contributed by atoms with E-state index in [9.17, 15) is 0 Å². The number of aromatic nitrogens is 1. The standard InChI is InChI=1S/C25H25ClN4S2/c1-17-7-8-19(15-22(17)25-21-6-3-2-5-18(21)11-13-28-25)29-32-24-10-9-20(16-23(24)26)30(31)14-4-12-27/h2-3,5-11,13,15-16,29,31H,4,12,14,27H2,1H3. The molecule has 4 aromatic rings. The molecule has 0 aliphatic heterocycles. The number of benzene rings is 3. The second kappa shape index (κ2) is 10.5. The fourth-order valence-electron chi connectivity index (χ4n) is 3.49. The van der Waals surface area contributed by atoms with Crippen molar-refractivity contribution in [3.8, 4) is 11.3 Å². The van der Waals surface area contributed by atoms with Crippen LogP contribution in [0.5, 0.6) is 0 Å². The van der Waals surface area contributed by atoms with Gasteiger partial charge in [-0.2, -0.15) is 0 Å². The zero-order chi connectivity index (χ0) is 22.5. The minimum Gasteiger partial charge on any atom is -0.330 e. The van der Waals surface area contributed by atoms with Crippen LogP contribution in [0.15, 0.2) is 77.8 Å². The summed E-state index contributed by atoms with van der Waals surface area (Å²) < 4.78 is 5.29. The molecule has 0 bridgehead atoms. The number of nitrogens with two attached hydrogens (primary N) is 1. The molecule has 0 saturated heterocycles. The molecule has 0 amide bonds. The van der Waals surface area contributed by atoms with Crippen LogP contribution in [0.2, 0.25) is 5.02 Å². The number of hydrogen-bond donors (Lipinski definition) is 3. The van der Waals surface area contributed by atoms with Gasteiger partial charge in [0.1, 0.15) is 0 Å². The number of hydrogen-bond acceptors (Lipinski definition) is 6. The van der Waals surface area contributed by atoms with E-state index in [0.717, 1.165) is 45.9 Å². The van der Waals surface area contributed by atoms with Gasteiger partial charge in [0.05, 0.1) is 10.7 Å². The lowest BCUT2D eigenvalue weighted by atomic mass is 10.00. The van der Waals surface area contributed by atoms with Crippen LogP contribution in [0.25, 0.3) is 22.0 Å². The first-order chi connectivity index (χ1) is 15.6. The third-order valence-corrected chi connectivity index (χ3v) is 7.00. The average Bonchev–Trinajstić information content (AvgIpc) is 2.82. The summed E-state index contributed by atoms with van der Waals surface area (Å²) >= 11 is 12.5. The van der Waals surface area contributed by atoms with Gasteiger partial charge < -0.3 is 14.8 Å². The van der Waals surface area contributed by atoms with E-state index in [1.807, 2.05) is 40.8 Å². The SMILES string of the molecule is Cc1ccc(NSc2ccc(N(S)CCCN)cc2Cl)cc1-c1nccc2ccccc12. The Morgan fingerprint density at radius 3 is 2.75 bits per heavy atom. The van der Waals surface area contributed by atoms with Crippen LogP contribution in [0.4, 0.5) is 11.4 Å². The maximum absolute atomic E-state index is 6.54. The highest BCUT2D eigenvalue weighted by atomic mass is 35.5. The molecular weight excluding hydrogens is 456 g/mol. The van der Waals surface area contributed by atoms with Gasteiger partial charge in [0.25, 0.3) is 0 Å². The zero-order valence-corrected chi connectivity index (χ0v) is 20.2. The maximum atomic E-state index is 6.54. The van der Waals surface area contributed by atoms with Crippen molar-refractivity contribution < 1.29 is 0 Å². The van der Waals surface area contributed by atoms with Crippen LogP contribution in [0.3, 0.4) is 0 Å². The van der Waals surface area contributed by atoms with Crippen molar-refractivity contribution in [2.45, 2.75) is 18.2 Å². The third-order valence-electron chi connectivity index (χ3n) is 5.23. The van der Waals surface area contributed by atoms with Crippen molar-refractivity contribution in [1.29, 1.82) is 0 Å². The maximum Gasteiger partial charge on any atom is 0.0783 e. The number of anilines is 2. The van der Waals surface area contributed by atoms with Gasteiger partial charge in [-0.05, 0) is 79.2 Å². The van der Waals surface area contributed by atoms with Gasteiger partial charge >= 0.3 is 0 Å². The molecule has 3 N–H and O–H groups in total. The molecular formula is C25H25ClN4S2. The molecule has 3 aromatic carbocycles. The number of rotatable bonds is 8. The summed E-state index contributed by atoms with van der Waals surface area (Å²) in [7, 11) is 0. The Hall–Kier alpha value is -2.38. The van der Waals surface area contributed by atoms with E-state index in [0.29, 0.717) is 11.6 Å². The van der Waals surface area contributed by atoms with E-state index >= 15 is 0 Å². The van der Waals surface area contributed by atoms with Crippen LogP contribution >= 0.6 is 36.4 Å². The number of fused-ring (bicyclic) bond motifs is 1. The summed E-state index contributed by atoms with van der Waals surface area (Å²) in [6.07, 6.45) is 2.74. The monoisotopic (exact) mass is 480 g/mol. The van der Waals surface area contributed by atoms with Gasteiger partial charge in [-0.1, -0.05) is 54.7 Å². The Balaban J connectivity index is 1.54. The lowest BCUT2D eigenvalue weighted by Crippen LogP contribution is -2.15. The minimum atomic E-state index is 0.634. The van der Waals surface area contributed by atoms with Gasteiger partial charge in [0.2, 0.25) is 0 Å². The van der Waals surface area contributed by atoms with Crippen molar-refractivity contribution in [2.24, 2.45) is 5.73 Å². The molecule has 1 aromatic heterocycles. The fraction of sp³-hybridized carbons (Fsp3) is 0.160. The molecule has 164 valence electrons. The summed E-state index contributed by atoms with van der Waals surface area (Å²) in [5, 5.41) is 3.00. The molecule has 0 aliphatic carbocycles. The first-order valence-electron chi connectivity index (χ1n) is 10.4. The van der Waals surface area contributed by atoms with Gasteiger partial charge in [-0.15, -0.1) is 0 Å². The van der Waals surface area contributed by atoms with Gasteiger partial charge in [0.15, 0.2) is 0 Å². The first kappa shape index (κ1) is 22.8. The van der Waals surface area contributed by atoms with Gasteiger partial charge in [-0.25, -0.2) is 0 Å². The van der Waals surface area contributed by atoms with Crippen LogP contribution < -0.4 is 14.8 Å². The van der Waals surface area contributed by atoms with Crippen LogP contribution in [-0.4, -0.2) is 18.1 Å². The summed E-state index contributed by atoms with van der Waals surface area (Å²) in [6, 6.07) is 22.6. The normalized spacial score (nSPS) is 11.0. The van der Waals surface area contributed by atoms with Crippen molar-refractivity contribution in [2.75, 3.05) is 22.1 Å². The predicted octanol–water partition coefficient (Wildman–Crippen LogP) is 6.98. The van der Waals surface area contributed by atoms with Crippen molar-refractivity contribution >= 4 is 58.5 Å². The van der Waals surface area contributed by atoms with E-state index in [2.05, 4.69) is 65.8 Å². The highest BCUT2D eigenvalue weighted by molar-refractivity contribution is 8.00. The molecule has 4 rings (SSSR count). The molecule has 0 unspecified atom stereocenters.